The van der Waals surface area contributed by atoms with Gasteiger partial charge in [-0.25, -0.2) is 0 Å². The molecule has 2 heterocycles. The molecule has 0 fully saturated rings. The molecule has 0 atom stereocenters. The Morgan fingerprint density at radius 1 is 1.33 bits per heavy atom. The van der Waals surface area contributed by atoms with E-state index in [4.69, 9.17) is 10.5 Å². The number of nitrogens with zero attached hydrogens (tertiary/aromatic N) is 2. The van der Waals surface area contributed by atoms with Crippen molar-refractivity contribution < 1.29 is 4.74 Å². The van der Waals surface area contributed by atoms with Gasteiger partial charge in [-0.3, -0.25) is 0 Å². The van der Waals surface area contributed by atoms with Crippen LogP contribution in [0.15, 0.2) is 18.2 Å². The van der Waals surface area contributed by atoms with E-state index >= 15 is 0 Å². The summed E-state index contributed by atoms with van der Waals surface area (Å²) in [6, 6.07) is 6.26. The van der Waals surface area contributed by atoms with Crippen LogP contribution in [0, 0.1) is 0 Å². The third-order valence-electron chi connectivity index (χ3n) is 2.98. The van der Waals surface area contributed by atoms with Crippen molar-refractivity contribution in [2.75, 3.05) is 13.2 Å². The van der Waals surface area contributed by atoms with E-state index in [-0.39, 0.29) is 0 Å². The number of nitrogens with two attached hydrogens (primary N) is 1. The Morgan fingerprint density at radius 2 is 2.28 bits per heavy atom. The van der Waals surface area contributed by atoms with E-state index in [9.17, 15) is 0 Å². The SMILES string of the molecule is NCCc1nnc(-c2ccc3c(c2)CCCO3)s1. The molecule has 0 spiro atoms. The molecule has 2 N–H and O–H groups in total. The fourth-order valence-corrected chi connectivity index (χ4v) is 2.94. The molecule has 0 unspecified atom stereocenters. The van der Waals surface area contributed by atoms with Crippen molar-refractivity contribution in [3.63, 3.8) is 0 Å². The number of hydrogen-bond acceptors (Lipinski definition) is 5. The molecule has 0 aliphatic carbocycles. The molecule has 5 heteroatoms. The minimum atomic E-state index is 0.618. The number of benzene rings is 1. The fraction of sp³-hybridized carbons (Fsp3) is 0.385. The molecule has 1 aromatic carbocycles. The minimum absolute atomic E-state index is 0.618. The van der Waals surface area contributed by atoms with Crippen LogP contribution in [-0.4, -0.2) is 23.3 Å². The lowest BCUT2D eigenvalue weighted by atomic mass is 10.0. The van der Waals surface area contributed by atoms with Gasteiger partial charge in [-0.2, -0.15) is 0 Å². The van der Waals surface area contributed by atoms with E-state index in [0.29, 0.717) is 6.54 Å². The summed E-state index contributed by atoms with van der Waals surface area (Å²) >= 11 is 1.62. The molecule has 0 bridgehead atoms. The monoisotopic (exact) mass is 261 g/mol. The van der Waals surface area contributed by atoms with Gasteiger partial charge in [-0.05, 0) is 43.1 Å². The molecule has 94 valence electrons. The summed E-state index contributed by atoms with van der Waals surface area (Å²) in [5, 5.41) is 10.3. The van der Waals surface area contributed by atoms with Gasteiger partial charge >= 0.3 is 0 Å². The zero-order valence-corrected chi connectivity index (χ0v) is 10.9. The maximum absolute atomic E-state index is 5.61. The molecule has 0 saturated heterocycles. The predicted molar refractivity (Wildman–Crippen MR) is 71.9 cm³/mol. The standard InChI is InChI=1S/C13H15N3OS/c14-6-5-12-15-16-13(18-12)10-3-4-11-9(8-10)2-1-7-17-11/h3-4,8H,1-2,5-7,14H2. The van der Waals surface area contributed by atoms with E-state index in [1.54, 1.807) is 11.3 Å². The molecule has 1 aromatic heterocycles. The van der Waals surface area contributed by atoms with Crippen LogP contribution in [0.3, 0.4) is 0 Å². The molecule has 1 aliphatic heterocycles. The molecule has 18 heavy (non-hydrogen) atoms. The Labute approximate surface area is 110 Å². The van der Waals surface area contributed by atoms with E-state index in [0.717, 1.165) is 47.2 Å². The van der Waals surface area contributed by atoms with Crippen molar-refractivity contribution >= 4 is 11.3 Å². The van der Waals surface area contributed by atoms with Crippen LogP contribution in [0.5, 0.6) is 5.75 Å². The first-order valence-electron chi connectivity index (χ1n) is 6.15. The first-order valence-corrected chi connectivity index (χ1v) is 6.97. The molecule has 0 amide bonds. The maximum atomic E-state index is 5.61. The summed E-state index contributed by atoms with van der Waals surface area (Å²) in [6.45, 7) is 1.44. The normalized spacial score (nSPS) is 14.1. The number of fused-ring (bicyclic) bond motifs is 1. The second kappa shape index (κ2) is 5.04. The van der Waals surface area contributed by atoms with Gasteiger partial charge in [0.2, 0.25) is 0 Å². The highest BCUT2D eigenvalue weighted by atomic mass is 32.1. The van der Waals surface area contributed by atoms with Gasteiger partial charge < -0.3 is 10.5 Å². The summed E-state index contributed by atoms with van der Waals surface area (Å²) in [5.41, 5.74) is 7.92. The van der Waals surface area contributed by atoms with Crippen molar-refractivity contribution in [3.05, 3.63) is 28.8 Å². The summed E-state index contributed by atoms with van der Waals surface area (Å²) in [4.78, 5) is 0. The summed E-state index contributed by atoms with van der Waals surface area (Å²) < 4.78 is 5.61. The van der Waals surface area contributed by atoms with Crippen LogP contribution >= 0.6 is 11.3 Å². The van der Waals surface area contributed by atoms with Crippen LogP contribution in [0.25, 0.3) is 10.6 Å². The Bertz CT molecular complexity index is 553. The molecule has 0 saturated carbocycles. The van der Waals surface area contributed by atoms with E-state index in [2.05, 4.69) is 22.3 Å². The van der Waals surface area contributed by atoms with Crippen LogP contribution in [-0.2, 0) is 12.8 Å². The van der Waals surface area contributed by atoms with Crippen molar-refractivity contribution in [1.29, 1.82) is 0 Å². The van der Waals surface area contributed by atoms with Gasteiger partial charge in [0.15, 0.2) is 0 Å². The molecular weight excluding hydrogens is 246 g/mol. The van der Waals surface area contributed by atoms with Gasteiger partial charge in [0, 0.05) is 12.0 Å². The third-order valence-corrected chi connectivity index (χ3v) is 4.01. The van der Waals surface area contributed by atoms with Crippen molar-refractivity contribution in [3.8, 4) is 16.3 Å². The van der Waals surface area contributed by atoms with Crippen LogP contribution in [0.2, 0.25) is 0 Å². The van der Waals surface area contributed by atoms with Crippen LogP contribution in [0.4, 0.5) is 0 Å². The average molecular weight is 261 g/mol. The van der Waals surface area contributed by atoms with Gasteiger partial charge in [-0.1, -0.05) is 11.3 Å². The highest BCUT2D eigenvalue weighted by Gasteiger charge is 2.13. The Morgan fingerprint density at radius 3 is 3.17 bits per heavy atom. The summed E-state index contributed by atoms with van der Waals surface area (Å²) in [5.74, 6) is 1.01. The number of aryl methyl sites for hydroxylation is 1. The Balaban J connectivity index is 1.91. The van der Waals surface area contributed by atoms with E-state index < -0.39 is 0 Å². The van der Waals surface area contributed by atoms with Gasteiger partial charge in [0.05, 0.1) is 6.61 Å². The van der Waals surface area contributed by atoms with Gasteiger partial charge in [0.25, 0.3) is 0 Å². The first-order chi connectivity index (χ1) is 8.86. The quantitative estimate of drug-likeness (QED) is 0.918. The lowest BCUT2D eigenvalue weighted by Crippen LogP contribution is -2.07. The molecular formula is C13H15N3OS. The van der Waals surface area contributed by atoms with Crippen molar-refractivity contribution in [1.82, 2.24) is 10.2 Å². The van der Waals surface area contributed by atoms with Crippen LogP contribution < -0.4 is 10.5 Å². The lowest BCUT2D eigenvalue weighted by molar-refractivity contribution is 0.288. The van der Waals surface area contributed by atoms with E-state index in [1.807, 2.05) is 6.07 Å². The van der Waals surface area contributed by atoms with Gasteiger partial charge in [-0.15, -0.1) is 10.2 Å². The highest BCUT2D eigenvalue weighted by Crippen LogP contribution is 2.31. The van der Waals surface area contributed by atoms with Crippen molar-refractivity contribution in [2.24, 2.45) is 5.73 Å². The van der Waals surface area contributed by atoms with Crippen molar-refractivity contribution in [2.45, 2.75) is 19.3 Å². The average Bonchev–Trinajstić information content (AvgIpc) is 2.87. The Hall–Kier alpha value is -1.46. The summed E-state index contributed by atoms with van der Waals surface area (Å²) in [7, 11) is 0. The summed E-state index contributed by atoms with van der Waals surface area (Å²) in [6.07, 6.45) is 2.97. The Kier molecular flexibility index (Phi) is 3.25. The largest absolute Gasteiger partial charge is 0.493 e. The van der Waals surface area contributed by atoms with Crippen LogP contribution in [0.1, 0.15) is 17.0 Å². The molecule has 3 rings (SSSR count). The predicted octanol–water partition coefficient (Wildman–Crippen LogP) is 2.03. The topological polar surface area (TPSA) is 61.0 Å². The minimum Gasteiger partial charge on any atom is -0.493 e. The zero-order chi connectivity index (χ0) is 12.4. The highest BCUT2D eigenvalue weighted by molar-refractivity contribution is 7.14. The molecule has 0 radical (unpaired) electrons. The molecule has 1 aliphatic rings. The molecule has 4 nitrogen and oxygen atoms in total. The number of hydrogen-bond donors (Lipinski definition) is 1. The second-order valence-electron chi connectivity index (χ2n) is 4.31. The zero-order valence-electron chi connectivity index (χ0n) is 10.1. The number of rotatable bonds is 3. The number of aromatic nitrogens is 2. The third kappa shape index (κ3) is 2.23. The second-order valence-corrected chi connectivity index (χ2v) is 5.38. The first kappa shape index (κ1) is 11.6. The number of ether oxygens (including phenoxy) is 1. The fourth-order valence-electron chi connectivity index (χ4n) is 2.09. The van der Waals surface area contributed by atoms with Gasteiger partial charge in [0.1, 0.15) is 15.8 Å². The maximum Gasteiger partial charge on any atom is 0.147 e. The smallest absolute Gasteiger partial charge is 0.147 e. The lowest BCUT2D eigenvalue weighted by Gasteiger charge is -2.17. The molecule has 2 aromatic rings. The van der Waals surface area contributed by atoms with E-state index in [1.165, 1.54) is 5.56 Å².